The maximum atomic E-state index is 13.1. The van der Waals surface area contributed by atoms with E-state index in [1.165, 1.54) is 25.3 Å². The summed E-state index contributed by atoms with van der Waals surface area (Å²) < 4.78 is 53.9. The molecule has 2 aromatic carbocycles. The number of nitrogens with one attached hydrogen (secondary N) is 1. The van der Waals surface area contributed by atoms with Gasteiger partial charge in [-0.1, -0.05) is 32.0 Å². The number of sulfone groups is 1. The third-order valence-corrected chi connectivity index (χ3v) is 7.88. The van der Waals surface area contributed by atoms with Crippen molar-refractivity contribution in [3.63, 3.8) is 0 Å². The van der Waals surface area contributed by atoms with E-state index in [0.29, 0.717) is 17.1 Å². The monoisotopic (exact) mass is 530 g/mol. The Labute approximate surface area is 212 Å². The summed E-state index contributed by atoms with van der Waals surface area (Å²) in [5.41, 5.74) is 1.20. The highest BCUT2D eigenvalue weighted by atomic mass is 32.2. The maximum Gasteiger partial charge on any atom is 0.283 e. The second-order valence-corrected chi connectivity index (χ2v) is 11.1. The Morgan fingerprint density at radius 3 is 2.56 bits per heavy atom. The van der Waals surface area contributed by atoms with Crippen molar-refractivity contribution < 1.29 is 27.1 Å². The van der Waals surface area contributed by atoms with Gasteiger partial charge in [0.05, 0.1) is 30.4 Å². The average molecular weight is 531 g/mol. The lowest BCUT2D eigenvalue weighted by molar-refractivity contribution is -0.114. The molecule has 0 aliphatic carbocycles. The van der Waals surface area contributed by atoms with Gasteiger partial charge in [-0.05, 0) is 47.4 Å². The Morgan fingerprint density at radius 1 is 1.17 bits per heavy atom. The van der Waals surface area contributed by atoms with Gasteiger partial charge in [0.1, 0.15) is 18.3 Å². The number of methoxy groups -OCH3 is 1. The van der Waals surface area contributed by atoms with E-state index >= 15 is 0 Å². The fourth-order valence-corrected chi connectivity index (χ4v) is 6.25. The highest BCUT2D eigenvalue weighted by Gasteiger charge is 2.42. The van der Waals surface area contributed by atoms with Crippen molar-refractivity contribution in [2.24, 2.45) is 15.3 Å². The maximum absolute atomic E-state index is 13.1. The molecule has 0 spiro atoms. The molecule has 4 rings (SSSR count). The fraction of sp³-hybridized carbons (Fsp3) is 0.250. The first kappa shape index (κ1) is 25.6. The normalized spacial score (nSPS) is 16.8. The number of fused-ring (bicyclic) bond motifs is 1. The highest BCUT2D eigenvalue weighted by Crippen LogP contribution is 2.33. The number of carbonyl (C=O) groups is 1. The van der Waals surface area contributed by atoms with Crippen LogP contribution in [0.1, 0.15) is 25.0 Å². The van der Waals surface area contributed by atoms with E-state index in [2.05, 4.69) is 9.39 Å². The molecular weight excluding hydrogens is 507 g/mol. The van der Waals surface area contributed by atoms with E-state index < -0.39 is 15.7 Å². The van der Waals surface area contributed by atoms with Gasteiger partial charge in [0, 0.05) is 0 Å². The molecule has 0 fully saturated rings. The average Bonchev–Trinajstić information content (AvgIpc) is 3.26. The zero-order chi connectivity index (χ0) is 26.0. The molecule has 188 valence electrons. The Bertz CT molecular complexity index is 1420. The minimum Gasteiger partial charge on any atom is -0.493 e. The zero-order valence-electron chi connectivity index (χ0n) is 19.7. The van der Waals surface area contributed by atoms with Crippen LogP contribution in [0.5, 0.6) is 11.5 Å². The van der Waals surface area contributed by atoms with E-state index in [9.17, 15) is 17.6 Å². The largest absolute Gasteiger partial charge is 0.493 e. The van der Waals surface area contributed by atoms with E-state index in [4.69, 9.17) is 14.9 Å². The molecule has 36 heavy (non-hydrogen) atoms. The lowest BCUT2D eigenvalue weighted by Gasteiger charge is -2.24. The van der Waals surface area contributed by atoms with Crippen molar-refractivity contribution in [3.8, 4) is 11.5 Å². The number of amidine groups is 3. The van der Waals surface area contributed by atoms with Crippen LogP contribution in [0.4, 0.5) is 4.39 Å². The molecular formula is C24H23FN4O5S2. The number of hydrogen-bond acceptors (Lipinski definition) is 8. The number of carbonyl (C=O) groups excluding carboxylic acids is 1. The van der Waals surface area contributed by atoms with Crippen molar-refractivity contribution in [2.45, 2.75) is 20.5 Å². The third kappa shape index (κ3) is 5.34. The second kappa shape index (κ2) is 10.2. The van der Waals surface area contributed by atoms with Crippen LogP contribution < -0.4 is 9.47 Å². The predicted octanol–water partition coefficient (Wildman–Crippen LogP) is 4.06. The molecule has 12 heteroatoms. The summed E-state index contributed by atoms with van der Waals surface area (Å²) in [6.45, 7) is 3.73. The fourth-order valence-electron chi connectivity index (χ4n) is 3.51. The molecule has 2 aromatic rings. The summed E-state index contributed by atoms with van der Waals surface area (Å²) >= 11 is 0.755. The number of halogens is 1. The molecule has 0 aromatic heterocycles. The van der Waals surface area contributed by atoms with Gasteiger partial charge in [0.25, 0.3) is 5.91 Å². The lowest BCUT2D eigenvalue weighted by atomic mass is 10.1. The van der Waals surface area contributed by atoms with Gasteiger partial charge in [-0.25, -0.2) is 17.7 Å². The van der Waals surface area contributed by atoms with Crippen LogP contribution in [0.25, 0.3) is 6.08 Å². The zero-order valence-corrected chi connectivity index (χ0v) is 21.3. The van der Waals surface area contributed by atoms with E-state index in [1.807, 2.05) is 0 Å². The van der Waals surface area contributed by atoms with Crippen LogP contribution in [-0.2, 0) is 21.2 Å². The SMILES string of the molecule is COc1cc(/C=C2/C(=N)N3C(=NC2=O)SN=C3S(=O)(=O)CC(C)C)ccc1OCc1ccc(F)cc1. The number of ether oxygens (including phenoxy) is 2. The minimum absolute atomic E-state index is 0.0339. The van der Waals surface area contributed by atoms with Crippen LogP contribution in [0.15, 0.2) is 57.4 Å². The first-order valence-electron chi connectivity index (χ1n) is 10.9. The molecule has 0 radical (unpaired) electrons. The number of benzene rings is 2. The molecule has 1 amide bonds. The van der Waals surface area contributed by atoms with Gasteiger partial charge in [0.15, 0.2) is 11.5 Å². The molecule has 0 bridgehead atoms. The van der Waals surface area contributed by atoms with Crippen LogP contribution in [-0.4, -0.2) is 48.3 Å². The van der Waals surface area contributed by atoms with E-state index in [-0.39, 0.29) is 45.8 Å². The molecule has 0 saturated heterocycles. The quantitative estimate of drug-likeness (QED) is 0.423. The third-order valence-electron chi connectivity index (χ3n) is 5.13. The standard InChI is InChI=1S/C24H23FN4O5S2/c1-14(2)13-36(31,32)24-28-35-23-27-22(30)18(21(26)29(23)24)10-16-6-9-19(20(11-16)33-3)34-12-15-4-7-17(25)8-5-15/h4-11,14,26H,12-13H2,1-3H3/b18-10-,26-21?. The molecule has 2 aliphatic rings. The molecule has 0 unspecified atom stereocenters. The topological polar surface area (TPSA) is 121 Å². The second-order valence-electron chi connectivity index (χ2n) is 8.41. The first-order valence-corrected chi connectivity index (χ1v) is 13.3. The van der Waals surface area contributed by atoms with Gasteiger partial charge in [-0.2, -0.15) is 9.39 Å². The van der Waals surface area contributed by atoms with Crippen molar-refractivity contribution >= 4 is 49.9 Å². The first-order chi connectivity index (χ1) is 17.1. The molecule has 1 N–H and O–H groups in total. The Hall–Kier alpha value is -3.51. The van der Waals surface area contributed by atoms with Gasteiger partial charge in [-0.3, -0.25) is 10.2 Å². The Kier molecular flexibility index (Phi) is 7.27. The molecule has 9 nitrogen and oxygen atoms in total. The van der Waals surface area contributed by atoms with Gasteiger partial charge in [0.2, 0.25) is 20.2 Å². The Balaban J connectivity index is 1.59. The van der Waals surface area contributed by atoms with Gasteiger partial charge >= 0.3 is 0 Å². The summed E-state index contributed by atoms with van der Waals surface area (Å²) in [4.78, 5) is 17.7. The summed E-state index contributed by atoms with van der Waals surface area (Å²) in [6, 6.07) is 10.9. The van der Waals surface area contributed by atoms with Crippen LogP contribution in [0.2, 0.25) is 0 Å². The van der Waals surface area contributed by atoms with Crippen molar-refractivity contribution in [2.75, 3.05) is 12.9 Å². The van der Waals surface area contributed by atoms with Crippen LogP contribution >= 0.6 is 11.9 Å². The van der Waals surface area contributed by atoms with Crippen LogP contribution in [0.3, 0.4) is 0 Å². The molecule has 0 atom stereocenters. The van der Waals surface area contributed by atoms with Crippen LogP contribution in [0, 0.1) is 17.1 Å². The molecule has 2 aliphatic heterocycles. The van der Waals surface area contributed by atoms with Crippen molar-refractivity contribution in [1.82, 2.24) is 4.90 Å². The predicted molar refractivity (Wildman–Crippen MR) is 137 cm³/mol. The summed E-state index contributed by atoms with van der Waals surface area (Å²) in [6.07, 6.45) is 1.44. The van der Waals surface area contributed by atoms with Crippen molar-refractivity contribution in [3.05, 3.63) is 65.0 Å². The summed E-state index contributed by atoms with van der Waals surface area (Å²) in [5.74, 6) is -0.813. The van der Waals surface area contributed by atoms with Gasteiger partial charge in [-0.15, -0.1) is 0 Å². The number of hydrogen-bond donors (Lipinski definition) is 1. The minimum atomic E-state index is -3.79. The van der Waals surface area contributed by atoms with Crippen molar-refractivity contribution in [1.29, 1.82) is 5.41 Å². The lowest BCUT2D eigenvalue weighted by Crippen LogP contribution is -2.46. The molecule has 0 saturated carbocycles. The summed E-state index contributed by atoms with van der Waals surface area (Å²) in [7, 11) is -2.32. The van der Waals surface area contributed by atoms with E-state index in [1.54, 1.807) is 44.2 Å². The van der Waals surface area contributed by atoms with Gasteiger partial charge < -0.3 is 9.47 Å². The Morgan fingerprint density at radius 2 is 1.89 bits per heavy atom. The smallest absolute Gasteiger partial charge is 0.283 e. The number of aliphatic imine (C=N–C) groups is 1. The molecule has 2 heterocycles. The number of amides is 1. The number of nitrogens with zero attached hydrogens (tertiary/aromatic N) is 3. The highest BCUT2D eigenvalue weighted by molar-refractivity contribution is 8.16. The van der Waals surface area contributed by atoms with E-state index in [0.717, 1.165) is 22.4 Å². The number of rotatable bonds is 7. The summed E-state index contributed by atoms with van der Waals surface area (Å²) in [5, 5.41) is 8.31.